The summed E-state index contributed by atoms with van der Waals surface area (Å²) < 4.78 is 37.8. The van der Waals surface area contributed by atoms with E-state index in [1.807, 2.05) is 0 Å². The van der Waals surface area contributed by atoms with Gasteiger partial charge in [-0.05, 0) is 61.4 Å². The Hall–Kier alpha value is -2.52. The van der Waals surface area contributed by atoms with Gasteiger partial charge in [0, 0.05) is 62.2 Å². The molecule has 2 aromatic carbocycles. The Morgan fingerprint density at radius 1 is 0.615 bits per heavy atom. The van der Waals surface area contributed by atoms with Crippen molar-refractivity contribution in [2.24, 2.45) is 11.8 Å². The van der Waals surface area contributed by atoms with E-state index in [1.54, 1.807) is 24.3 Å². The molecule has 39 heavy (non-hydrogen) atoms. The summed E-state index contributed by atoms with van der Waals surface area (Å²) in [7, 11) is 0. The number of hydrogen-bond donors (Lipinski definition) is 0. The quantitative estimate of drug-likeness (QED) is 0.251. The van der Waals surface area contributed by atoms with Gasteiger partial charge in [-0.2, -0.15) is 0 Å². The minimum atomic E-state index is -0.349. The number of nitrogens with zero attached hydrogens (tertiary/aromatic N) is 2. The summed E-state index contributed by atoms with van der Waals surface area (Å²) in [4.78, 5) is 31.2. The molecular weight excluding hydrogens is 502 g/mol. The van der Waals surface area contributed by atoms with Crippen LogP contribution in [0.15, 0.2) is 48.5 Å². The van der Waals surface area contributed by atoms with Crippen LogP contribution >= 0.6 is 0 Å². The fourth-order valence-electron chi connectivity index (χ4n) is 5.46. The van der Waals surface area contributed by atoms with Crippen molar-refractivity contribution in [1.82, 2.24) is 9.80 Å². The van der Waals surface area contributed by atoms with Gasteiger partial charge < -0.3 is 9.47 Å². The number of ether oxygens (including phenoxy) is 2. The highest BCUT2D eigenvalue weighted by molar-refractivity contribution is 5.98. The number of Topliss-reactive ketones (excluding diaryl/α,β-unsaturated/α-hetero) is 2. The molecule has 0 amide bonds. The maximum Gasteiger partial charge on any atom is 0.167 e. The molecule has 6 nitrogen and oxygen atoms in total. The molecule has 2 aliphatic heterocycles. The molecule has 2 fully saturated rings. The minimum Gasteiger partial charge on any atom is -0.379 e. The molecule has 0 N–H and O–H groups in total. The zero-order valence-electron chi connectivity index (χ0n) is 22.7. The molecule has 0 saturated carbocycles. The van der Waals surface area contributed by atoms with Crippen LogP contribution in [-0.4, -0.2) is 87.1 Å². The van der Waals surface area contributed by atoms with Crippen molar-refractivity contribution < 1.29 is 27.8 Å². The van der Waals surface area contributed by atoms with Gasteiger partial charge in [-0.1, -0.05) is 19.3 Å². The van der Waals surface area contributed by atoms with E-state index in [-0.39, 0.29) is 35.0 Å². The summed E-state index contributed by atoms with van der Waals surface area (Å²) in [6, 6.07) is 11.6. The normalized spacial score (nSPS) is 18.5. The molecule has 0 radical (unpaired) electrons. The lowest BCUT2D eigenvalue weighted by molar-refractivity contribution is 0.0288. The highest BCUT2D eigenvalue weighted by Gasteiger charge is 2.26. The van der Waals surface area contributed by atoms with Gasteiger partial charge in [-0.15, -0.1) is 0 Å². The van der Waals surface area contributed by atoms with Crippen LogP contribution in [0.3, 0.4) is 0 Å². The van der Waals surface area contributed by atoms with E-state index in [4.69, 9.17) is 9.47 Å². The van der Waals surface area contributed by atoms with Crippen LogP contribution in [0, 0.1) is 23.5 Å². The average molecular weight is 543 g/mol. The predicted octanol–water partition coefficient (Wildman–Crippen LogP) is 4.88. The Bertz CT molecular complexity index is 952. The van der Waals surface area contributed by atoms with Gasteiger partial charge in [-0.25, -0.2) is 8.78 Å². The molecule has 2 aromatic rings. The van der Waals surface area contributed by atoms with Crippen molar-refractivity contribution in [2.75, 3.05) is 65.7 Å². The molecule has 2 saturated heterocycles. The summed E-state index contributed by atoms with van der Waals surface area (Å²) in [5.41, 5.74) is 1.09. The van der Waals surface area contributed by atoms with Crippen molar-refractivity contribution in [1.29, 1.82) is 0 Å². The molecule has 2 heterocycles. The lowest BCUT2D eigenvalue weighted by Crippen LogP contribution is -2.41. The van der Waals surface area contributed by atoms with Crippen molar-refractivity contribution in [3.63, 3.8) is 0 Å². The molecule has 0 spiro atoms. The lowest BCUT2D eigenvalue weighted by Gasteiger charge is -2.30. The van der Waals surface area contributed by atoms with E-state index in [1.165, 1.54) is 24.3 Å². The molecule has 2 atom stereocenters. The molecule has 8 heteroatoms. The smallest absolute Gasteiger partial charge is 0.167 e. The molecule has 4 rings (SSSR count). The minimum absolute atomic E-state index is 0.0539. The van der Waals surface area contributed by atoms with E-state index in [2.05, 4.69) is 9.80 Å². The highest BCUT2D eigenvalue weighted by atomic mass is 19.1. The van der Waals surface area contributed by atoms with Crippen LogP contribution in [0.25, 0.3) is 0 Å². The number of benzene rings is 2. The predicted molar refractivity (Wildman–Crippen MR) is 146 cm³/mol. The SMILES string of the molecule is O=C(c1ccc(F)cc1)[C@@H](CCCCC[C@@H](CN1CCOCC1)C(=O)c1ccc(F)cc1)CN1CCOCC1. The number of carbonyl (C=O) groups excluding carboxylic acids is 2. The summed E-state index contributed by atoms with van der Waals surface area (Å²) >= 11 is 0. The number of carbonyl (C=O) groups is 2. The summed E-state index contributed by atoms with van der Waals surface area (Å²) in [6.45, 7) is 7.25. The van der Waals surface area contributed by atoms with E-state index in [0.29, 0.717) is 50.6 Å². The van der Waals surface area contributed by atoms with Gasteiger partial charge in [0.1, 0.15) is 11.6 Å². The van der Waals surface area contributed by atoms with Crippen LogP contribution < -0.4 is 0 Å². The first kappa shape index (κ1) is 29.5. The molecule has 2 aliphatic rings. The van der Waals surface area contributed by atoms with Crippen molar-refractivity contribution in [3.8, 4) is 0 Å². The first-order chi connectivity index (χ1) is 19.0. The Balaban J connectivity index is 1.32. The number of rotatable bonds is 14. The highest BCUT2D eigenvalue weighted by Crippen LogP contribution is 2.22. The van der Waals surface area contributed by atoms with Gasteiger partial charge in [0.2, 0.25) is 0 Å². The van der Waals surface area contributed by atoms with Gasteiger partial charge in [0.05, 0.1) is 26.4 Å². The number of hydrogen-bond acceptors (Lipinski definition) is 6. The van der Waals surface area contributed by atoms with E-state index in [0.717, 1.165) is 58.3 Å². The maximum absolute atomic E-state index is 13.4. The van der Waals surface area contributed by atoms with E-state index in [9.17, 15) is 18.4 Å². The third-order valence-electron chi connectivity index (χ3n) is 7.77. The molecule has 0 aromatic heterocycles. The van der Waals surface area contributed by atoms with E-state index >= 15 is 0 Å². The fourth-order valence-corrected chi connectivity index (χ4v) is 5.46. The second-order valence-corrected chi connectivity index (χ2v) is 10.6. The van der Waals surface area contributed by atoms with Crippen LogP contribution in [0.1, 0.15) is 52.8 Å². The number of ketones is 2. The Kier molecular flexibility index (Phi) is 11.6. The van der Waals surface area contributed by atoms with Crippen molar-refractivity contribution in [3.05, 3.63) is 71.3 Å². The Labute approximate surface area is 230 Å². The Morgan fingerprint density at radius 3 is 1.33 bits per heavy atom. The molecule has 0 aliphatic carbocycles. The standard InChI is InChI=1S/C31H40F2N2O4/c32-28-10-6-24(7-11-28)30(36)26(22-34-14-18-38-19-15-34)4-2-1-3-5-27(23-35-16-20-39-21-17-35)31(37)25-8-12-29(33)13-9-25/h6-13,26-27H,1-5,14-23H2/t26-,27-/m0/s1. The topological polar surface area (TPSA) is 59.1 Å². The maximum atomic E-state index is 13.4. The monoisotopic (exact) mass is 542 g/mol. The number of halogens is 2. The third kappa shape index (κ3) is 9.28. The van der Waals surface area contributed by atoms with Crippen molar-refractivity contribution in [2.45, 2.75) is 32.1 Å². The second-order valence-electron chi connectivity index (χ2n) is 10.6. The van der Waals surface area contributed by atoms with Gasteiger partial charge in [0.25, 0.3) is 0 Å². The third-order valence-corrected chi connectivity index (χ3v) is 7.77. The second kappa shape index (κ2) is 15.3. The summed E-state index contributed by atoms with van der Waals surface area (Å²) in [5.74, 6) is -0.926. The van der Waals surface area contributed by atoms with Crippen LogP contribution in [0.2, 0.25) is 0 Å². The first-order valence-electron chi connectivity index (χ1n) is 14.2. The zero-order valence-corrected chi connectivity index (χ0v) is 22.7. The molecule has 0 unspecified atom stereocenters. The van der Waals surface area contributed by atoms with Gasteiger partial charge >= 0.3 is 0 Å². The van der Waals surface area contributed by atoms with Gasteiger partial charge in [0.15, 0.2) is 11.6 Å². The van der Waals surface area contributed by atoms with E-state index < -0.39 is 0 Å². The summed E-state index contributed by atoms with van der Waals surface area (Å²) in [5, 5.41) is 0. The molecule has 212 valence electrons. The first-order valence-corrected chi connectivity index (χ1v) is 14.2. The van der Waals surface area contributed by atoms with Gasteiger partial charge in [-0.3, -0.25) is 19.4 Å². The summed E-state index contributed by atoms with van der Waals surface area (Å²) in [6.07, 6.45) is 4.14. The van der Waals surface area contributed by atoms with Crippen molar-refractivity contribution >= 4 is 11.6 Å². The van der Waals surface area contributed by atoms with Crippen LogP contribution in [0.5, 0.6) is 0 Å². The zero-order chi connectivity index (χ0) is 27.5. The van der Waals surface area contributed by atoms with Crippen LogP contribution in [-0.2, 0) is 9.47 Å². The van der Waals surface area contributed by atoms with Crippen LogP contribution in [0.4, 0.5) is 8.78 Å². The largest absolute Gasteiger partial charge is 0.379 e. The fraction of sp³-hybridized carbons (Fsp3) is 0.548. The molecular formula is C31H40F2N2O4. The molecule has 0 bridgehead atoms. The number of unbranched alkanes of at least 4 members (excludes halogenated alkanes) is 2. The number of morpholine rings is 2. The average Bonchev–Trinajstić information content (AvgIpc) is 2.97. The Morgan fingerprint density at radius 2 is 0.974 bits per heavy atom. The lowest BCUT2D eigenvalue weighted by atomic mass is 9.89.